The van der Waals surface area contributed by atoms with Crippen LogP contribution in [0.2, 0.25) is 0 Å². The number of piperidine rings is 1. The summed E-state index contributed by atoms with van der Waals surface area (Å²) in [5.41, 5.74) is 0. The molecule has 0 aromatic heterocycles. The highest BCUT2D eigenvalue weighted by Crippen LogP contribution is 2.31. The van der Waals surface area contributed by atoms with Crippen molar-refractivity contribution in [3.63, 3.8) is 0 Å². The first kappa shape index (κ1) is 14.9. The molecule has 8 heteroatoms. The lowest BCUT2D eigenvalue weighted by Gasteiger charge is -2.31. The van der Waals surface area contributed by atoms with Crippen LogP contribution in [-0.2, 0) is 19.6 Å². The number of nitrogens with zero attached hydrogens (tertiary/aromatic N) is 2. The molecule has 1 unspecified atom stereocenters. The third-order valence-corrected chi connectivity index (χ3v) is 5.76. The van der Waals surface area contributed by atoms with Gasteiger partial charge in [-0.1, -0.05) is 0 Å². The Morgan fingerprint density at radius 3 is 2.24 bits per heavy atom. The summed E-state index contributed by atoms with van der Waals surface area (Å²) < 4.78 is 24.4. The topological polar surface area (TPSA) is 86.8 Å². The normalized spacial score (nSPS) is 29.4. The van der Waals surface area contributed by atoms with Crippen molar-refractivity contribution in [2.24, 2.45) is 0 Å². The van der Waals surface area contributed by atoms with Gasteiger partial charge in [-0.25, -0.2) is 12.7 Å². The SMILES string of the molecule is CS(=O)(=O)N1CCC(NC2CC(=O)N(C3CC3)C2=O)CC1. The number of sulfonamides is 1. The van der Waals surface area contributed by atoms with Crippen LogP contribution < -0.4 is 5.32 Å². The zero-order chi connectivity index (χ0) is 15.2. The second kappa shape index (κ2) is 5.33. The fourth-order valence-electron chi connectivity index (χ4n) is 3.14. The monoisotopic (exact) mass is 315 g/mol. The van der Waals surface area contributed by atoms with Gasteiger partial charge >= 0.3 is 0 Å². The number of imide groups is 1. The van der Waals surface area contributed by atoms with E-state index in [1.54, 1.807) is 0 Å². The molecule has 3 aliphatic rings. The van der Waals surface area contributed by atoms with Gasteiger partial charge in [-0.3, -0.25) is 14.5 Å². The minimum Gasteiger partial charge on any atom is -0.303 e. The second-order valence-electron chi connectivity index (χ2n) is 6.19. The number of likely N-dealkylation sites (tertiary alicyclic amines) is 1. The van der Waals surface area contributed by atoms with Crippen molar-refractivity contribution in [1.82, 2.24) is 14.5 Å². The first-order valence-electron chi connectivity index (χ1n) is 7.43. The van der Waals surface area contributed by atoms with Gasteiger partial charge in [-0.2, -0.15) is 0 Å². The van der Waals surface area contributed by atoms with E-state index in [-0.39, 0.29) is 30.3 Å². The molecular formula is C13H21N3O4S. The van der Waals surface area contributed by atoms with Gasteiger partial charge in [0.05, 0.1) is 18.7 Å². The molecule has 0 spiro atoms. The summed E-state index contributed by atoms with van der Waals surface area (Å²) in [6.07, 6.45) is 4.66. The fraction of sp³-hybridized carbons (Fsp3) is 0.846. The van der Waals surface area contributed by atoms with Crippen molar-refractivity contribution in [1.29, 1.82) is 0 Å². The van der Waals surface area contributed by atoms with Crippen molar-refractivity contribution >= 4 is 21.8 Å². The first-order chi connectivity index (χ1) is 9.86. The molecule has 1 saturated carbocycles. The Bertz CT molecular complexity index is 550. The highest BCUT2D eigenvalue weighted by Gasteiger charge is 2.46. The maximum atomic E-state index is 12.2. The van der Waals surface area contributed by atoms with Crippen LogP contribution in [0.4, 0.5) is 0 Å². The van der Waals surface area contributed by atoms with Crippen molar-refractivity contribution in [2.45, 2.75) is 50.2 Å². The minimum absolute atomic E-state index is 0.0754. The lowest BCUT2D eigenvalue weighted by molar-refractivity contribution is -0.139. The van der Waals surface area contributed by atoms with E-state index >= 15 is 0 Å². The van der Waals surface area contributed by atoms with Gasteiger partial charge < -0.3 is 5.32 Å². The largest absolute Gasteiger partial charge is 0.303 e. The van der Waals surface area contributed by atoms with Crippen LogP contribution in [0.25, 0.3) is 0 Å². The number of carbonyl (C=O) groups is 2. The molecule has 3 rings (SSSR count). The van der Waals surface area contributed by atoms with Gasteiger partial charge in [0.1, 0.15) is 0 Å². The summed E-state index contributed by atoms with van der Waals surface area (Å²) in [4.78, 5) is 25.5. The molecular weight excluding hydrogens is 294 g/mol. The Kier molecular flexibility index (Phi) is 3.79. The molecule has 2 amide bonds. The third-order valence-electron chi connectivity index (χ3n) is 4.45. The molecule has 118 valence electrons. The average Bonchev–Trinajstić information content (AvgIpc) is 3.18. The van der Waals surface area contributed by atoms with Gasteiger partial charge in [0, 0.05) is 25.2 Å². The summed E-state index contributed by atoms with van der Waals surface area (Å²) in [7, 11) is -3.13. The lowest BCUT2D eigenvalue weighted by atomic mass is 10.1. The van der Waals surface area contributed by atoms with Gasteiger partial charge in [-0.15, -0.1) is 0 Å². The predicted molar refractivity (Wildman–Crippen MR) is 75.9 cm³/mol. The third kappa shape index (κ3) is 3.12. The summed E-state index contributed by atoms with van der Waals surface area (Å²) >= 11 is 0. The van der Waals surface area contributed by atoms with Crippen molar-refractivity contribution in [3.8, 4) is 0 Å². The Morgan fingerprint density at radius 1 is 1.10 bits per heavy atom. The summed E-state index contributed by atoms with van der Waals surface area (Å²) in [5, 5.41) is 3.25. The van der Waals surface area contributed by atoms with Crippen LogP contribution in [0, 0.1) is 0 Å². The molecule has 2 aliphatic heterocycles. The first-order valence-corrected chi connectivity index (χ1v) is 9.28. The van der Waals surface area contributed by atoms with E-state index in [9.17, 15) is 18.0 Å². The Hall–Kier alpha value is -0.990. The summed E-state index contributed by atoms with van der Waals surface area (Å²) in [5.74, 6) is -0.179. The quantitative estimate of drug-likeness (QED) is 0.693. The smallest absolute Gasteiger partial charge is 0.247 e. The van der Waals surface area contributed by atoms with Crippen LogP contribution in [-0.4, -0.2) is 66.9 Å². The average molecular weight is 315 g/mol. The maximum Gasteiger partial charge on any atom is 0.247 e. The van der Waals surface area contributed by atoms with Crippen molar-refractivity contribution < 1.29 is 18.0 Å². The Labute approximate surface area is 124 Å². The second-order valence-corrected chi connectivity index (χ2v) is 8.18. The minimum atomic E-state index is -3.13. The van der Waals surface area contributed by atoms with Crippen LogP contribution in [0.3, 0.4) is 0 Å². The molecule has 0 aromatic rings. The zero-order valence-corrected chi connectivity index (χ0v) is 12.9. The number of nitrogens with one attached hydrogen (secondary N) is 1. The van der Waals surface area contributed by atoms with Crippen molar-refractivity contribution in [2.75, 3.05) is 19.3 Å². The van der Waals surface area contributed by atoms with Crippen LogP contribution in [0.1, 0.15) is 32.1 Å². The van der Waals surface area contributed by atoms with E-state index in [4.69, 9.17) is 0 Å². The Balaban J connectivity index is 1.54. The molecule has 7 nitrogen and oxygen atoms in total. The molecule has 21 heavy (non-hydrogen) atoms. The van der Waals surface area contributed by atoms with Crippen LogP contribution in [0.15, 0.2) is 0 Å². The highest BCUT2D eigenvalue weighted by atomic mass is 32.2. The Morgan fingerprint density at radius 2 is 1.71 bits per heavy atom. The molecule has 1 N–H and O–H groups in total. The molecule has 0 bridgehead atoms. The fourth-order valence-corrected chi connectivity index (χ4v) is 4.01. The molecule has 2 heterocycles. The van der Waals surface area contributed by atoms with E-state index in [0.29, 0.717) is 25.9 Å². The van der Waals surface area contributed by atoms with E-state index in [2.05, 4.69) is 5.32 Å². The van der Waals surface area contributed by atoms with E-state index in [1.165, 1.54) is 15.5 Å². The zero-order valence-electron chi connectivity index (χ0n) is 12.1. The molecule has 0 radical (unpaired) electrons. The number of hydrogen-bond acceptors (Lipinski definition) is 5. The highest BCUT2D eigenvalue weighted by molar-refractivity contribution is 7.88. The van der Waals surface area contributed by atoms with Crippen LogP contribution in [0.5, 0.6) is 0 Å². The van der Waals surface area contributed by atoms with E-state index < -0.39 is 16.1 Å². The number of amides is 2. The molecule has 1 atom stereocenters. The van der Waals surface area contributed by atoms with Crippen LogP contribution >= 0.6 is 0 Å². The van der Waals surface area contributed by atoms with Gasteiger partial charge in [0.15, 0.2) is 0 Å². The molecule has 1 aliphatic carbocycles. The molecule has 2 saturated heterocycles. The summed E-state index contributed by atoms with van der Waals surface area (Å²) in [6.45, 7) is 0.940. The van der Waals surface area contributed by atoms with E-state index in [1.807, 2.05) is 0 Å². The standard InChI is InChI=1S/C13H21N3O4S/c1-21(19,20)15-6-4-9(5-7-15)14-11-8-12(17)16(13(11)18)10-2-3-10/h9-11,14H,2-8H2,1H3. The van der Waals surface area contributed by atoms with Crippen molar-refractivity contribution in [3.05, 3.63) is 0 Å². The summed E-state index contributed by atoms with van der Waals surface area (Å²) in [6, 6.07) is -0.194. The van der Waals surface area contributed by atoms with Gasteiger partial charge in [-0.05, 0) is 25.7 Å². The number of carbonyl (C=O) groups excluding carboxylic acids is 2. The maximum absolute atomic E-state index is 12.2. The number of hydrogen-bond donors (Lipinski definition) is 1. The van der Waals surface area contributed by atoms with E-state index in [0.717, 1.165) is 12.8 Å². The van der Waals surface area contributed by atoms with Gasteiger partial charge in [0.2, 0.25) is 21.8 Å². The predicted octanol–water partition coefficient (Wildman–Crippen LogP) is -0.710. The van der Waals surface area contributed by atoms with Gasteiger partial charge in [0.25, 0.3) is 0 Å². The molecule has 0 aromatic carbocycles. The lowest BCUT2D eigenvalue weighted by Crippen LogP contribution is -2.49. The molecule has 3 fully saturated rings. The number of rotatable bonds is 4.